The molecule has 1 aromatic rings. The molecule has 0 atom stereocenters. The molecular formula is C13H11BrN2O3. The monoisotopic (exact) mass is 322 g/mol. The summed E-state index contributed by atoms with van der Waals surface area (Å²) in [6, 6.07) is 9.41. The summed E-state index contributed by atoms with van der Waals surface area (Å²) in [4.78, 5) is 10.7. The number of halogens is 1. The summed E-state index contributed by atoms with van der Waals surface area (Å²) in [5, 5.41) is 12.5. The molecule has 1 aromatic carbocycles. The van der Waals surface area contributed by atoms with Crippen LogP contribution in [0.3, 0.4) is 0 Å². The summed E-state index contributed by atoms with van der Waals surface area (Å²) in [6.45, 7) is 0.240. The van der Waals surface area contributed by atoms with Gasteiger partial charge in [0.1, 0.15) is 12.3 Å². The summed E-state index contributed by atoms with van der Waals surface area (Å²) in [5.41, 5.74) is 6.69. The molecule has 0 spiro atoms. The van der Waals surface area contributed by atoms with Crippen LogP contribution in [0.4, 0.5) is 0 Å². The fourth-order valence-electron chi connectivity index (χ4n) is 1.49. The first-order chi connectivity index (χ1) is 9.13. The predicted octanol–water partition coefficient (Wildman–Crippen LogP) is 1.81. The Kier molecular flexibility index (Phi) is 3.94. The van der Waals surface area contributed by atoms with Crippen molar-refractivity contribution in [2.75, 3.05) is 0 Å². The van der Waals surface area contributed by atoms with Gasteiger partial charge in [-0.3, -0.25) is 0 Å². The molecule has 19 heavy (non-hydrogen) atoms. The van der Waals surface area contributed by atoms with Gasteiger partial charge in [0.25, 0.3) is 0 Å². The predicted molar refractivity (Wildman–Crippen MR) is 73.4 cm³/mol. The topological polar surface area (TPSA) is 84.6 Å². The Hall–Kier alpha value is -2.17. The average molecular weight is 323 g/mol. The molecule has 0 bridgehead atoms. The first kappa shape index (κ1) is 13.3. The Labute approximate surface area is 118 Å². The molecule has 2 rings (SSSR count). The van der Waals surface area contributed by atoms with Crippen molar-refractivity contribution in [1.29, 1.82) is 0 Å². The number of allylic oxidation sites excluding steroid dienone is 1. The summed E-state index contributed by atoms with van der Waals surface area (Å²) in [7, 11) is 0. The molecule has 1 aliphatic heterocycles. The van der Waals surface area contributed by atoms with E-state index in [1.807, 2.05) is 30.3 Å². The molecule has 1 aliphatic rings. The van der Waals surface area contributed by atoms with E-state index in [0.717, 1.165) is 5.56 Å². The molecular weight excluding hydrogens is 312 g/mol. The van der Waals surface area contributed by atoms with E-state index in [1.54, 1.807) is 5.94 Å². The van der Waals surface area contributed by atoms with Gasteiger partial charge in [0, 0.05) is 0 Å². The highest BCUT2D eigenvalue weighted by molar-refractivity contribution is 9.12. The van der Waals surface area contributed by atoms with Crippen LogP contribution < -0.4 is 11.1 Å². The Morgan fingerprint density at radius 1 is 1.37 bits per heavy atom. The highest BCUT2D eigenvalue weighted by Gasteiger charge is 2.23. The highest BCUT2D eigenvalue weighted by atomic mass is 79.9. The van der Waals surface area contributed by atoms with Gasteiger partial charge in [-0.1, -0.05) is 30.3 Å². The molecule has 98 valence electrons. The van der Waals surface area contributed by atoms with E-state index in [0.29, 0.717) is 0 Å². The molecule has 0 unspecified atom stereocenters. The maximum atomic E-state index is 10.7. The van der Waals surface area contributed by atoms with Crippen molar-refractivity contribution in [3.63, 3.8) is 0 Å². The van der Waals surface area contributed by atoms with Gasteiger partial charge in [-0.2, -0.15) is 0 Å². The molecule has 0 fully saturated rings. The van der Waals surface area contributed by atoms with Crippen molar-refractivity contribution in [2.45, 2.75) is 6.61 Å². The molecule has 0 aliphatic carbocycles. The van der Waals surface area contributed by atoms with Gasteiger partial charge in [0.2, 0.25) is 11.6 Å². The molecule has 0 saturated carbocycles. The van der Waals surface area contributed by atoms with Gasteiger partial charge in [-0.05, 0) is 21.5 Å². The van der Waals surface area contributed by atoms with E-state index in [4.69, 9.17) is 10.5 Å². The Balaban J connectivity index is 2.18. The van der Waals surface area contributed by atoms with E-state index in [9.17, 15) is 9.90 Å². The summed E-state index contributed by atoms with van der Waals surface area (Å²) in [5.74, 6) is 1.46. The first-order valence-electron chi connectivity index (χ1n) is 5.41. The van der Waals surface area contributed by atoms with Gasteiger partial charge in [0.05, 0.1) is 10.2 Å². The largest absolute Gasteiger partial charge is 0.502 e. The minimum absolute atomic E-state index is 0.0279. The molecule has 0 radical (unpaired) electrons. The minimum Gasteiger partial charge on any atom is -0.502 e. The zero-order valence-electron chi connectivity index (χ0n) is 9.81. The molecule has 0 saturated heterocycles. The fraction of sp³-hybridized carbons (Fsp3) is 0.0769. The number of rotatable bonds is 3. The van der Waals surface area contributed by atoms with Crippen LogP contribution in [0, 0.1) is 0 Å². The van der Waals surface area contributed by atoms with E-state index in [2.05, 4.69) is 21.2 Å². The van der Waals surface area contributed by atoms with Crippen LogP contribution in [0.15, 0.2) is 57.9 Å². The number of ether oxygens (including phenoxy) is 1. The van der Waals surface area contributed by atoms with E-state index >= 15 is 0 Å². The number of aliphatic hydroxyl groups excluding tert-OH is 1. The number of dihydropyridines is 1. The summed E-state index contributed by atoms with van der Waals surface area (Å²) >= 11 is 3.09. The molecule has 6 heteroatoms. The summed E-state index contributed by atoms with van der Waals surface area (Å²) in [6.07, 6.45) is 0. The zero-order valence-corrected chi connectivity index (χ0v) is 11.4. The number of nitrogens with one attached hydrogen (secondary N) is 1. The van der Waals surface area contributed by atoms with Crippen LogP contribution in [-0.4, -0.2) is 11.0 Å². The third-order valence-electron chi connectivity index (χ3n) is 2.49. The number of benzene rings is 1. The molecule has 0 amide bonds. The number of nitrogens with two attached hydrogens (primary N) is 1. The lowest BCUT2D eigenvalue weighted by Crippen LogP contribution is -2.26. The molecule has 5 nitrogen and oxygen atoms in total. The van der Waals surface area contributed by atoms with Crippen molar-refractivity contribution >= 4 is 21.9 Å². The number of aliphatic hydroxyl groups is 1. The first-order valence-corrected chi connectivity index (χ1v) is 6.21. The third kappa shape index (κ3) is 2.81. The number of hydrogen-bond acceptors (Lipinski definition) is 5. The fourth-order valence-corrected chi connectivity index (χ4v) is 1.86. The SMILES string of the molecule is NC1=C(Br)C(=C=O)NC(OCc2ccccc2)=C1O. The van der Waals surface area contributed by atoms with Gasteiger partial charge < -0.3 is 20.9 Å². The Bertz CT molecular complexity index is 602. The van der Waals surface area contributed by atoms with Gasteiger partial charge in [0.15, 0.2) is 5.94 Å². The number of carbonyl (C=O) groups excluding carboxylic acids is 1. The van der Waals surface area contributed by atoms with Crippen molar-refractivity contribution in [2.24, 2.45) is 5.73 Å². The molecule has 0 aromatic heterocycles. The molecule has 1 heterocycles. The van der Waals surface area contributed by atoms with Gasteiger partial charge in [-0.15, -0.1) is 0 Å². The van der Waals surface area contributed by atoms with Crippen molar-refractivity contribution in [3.05, 3.63) is 63.4 Å². The normalized spacial score (nSPS) is 15.1. The molecule has 4 N–H and O–H groups in total. The lowest BCUT2D eigenvalue weighted by molar-refractivity contribution is 0.163. The van der Waals surface area contributed by atoms with Crippen molar-refractivity contribution < 1.29 is 14.6 Å². The maximum Gasteiger partial charge on any atom is 0.237 e. The smallest absolute Gasteiger partial charge is 0.237 e. The van der Waals surface area contributed by atoms with Crippen LogP contribution in [0.5, 0.6) is 0 Å². The van der Waals surface area contributed by atoms with E-state index in [1.165, 1.54) is 0 Å². The van der Waals surface area contributed by atoms with Crippen LogP contribution >= 0.6 is 15.9 Å². The van der Waals surface area contributed by atoms with Crippen LogP contribution in [-0.2, 0) is 16.1 Å². The highest BCUT2D eigenvalue weighted by Crippen LogP contribution is 2.26. The summed E-state index contributed by atoms with van der Waals surface area (Å²) < 4.78 is 5.67. The lowest BCUT2D eigenvalue weighted by Gasteiger charge is -2.20. The second-order valence-corrected chi connectivity index (χ2v) is 4.57. The minimum atomic E-state index is -0.248. The Morgan fingerprint density at radius 2 is 2.05 bits per heavy atom. The standard InChI is InChI=1S/C13H11BrN2O3/c14-10-9(6-17)16-13(12(18)11(10)15)19-7-8-4-2-1-3-5-8/h1-5,16,18H,7,15H2. The van der Waals surface area contributed by atoms with Crippen molar-refractivity contribution in [3.8, 4) is 0 Å². The van der Waals surface area contributed by atoms with Crippen molar-refractivity contribution in [1.82, 2.24) is 5.32 Å². The van der Waals surface area contributed by atoms with E-state index < -0.39 is 0 Å². The quantitative estimate of drug-likeness (QED) is 0.739. The van der Waals surface area contributed by atoms with Crippen LogP contribution in [0.2, 0.25) is 0 Å². The van der Waals surface area contributed by atoms with Crippen LogP contribution in [0.25, 0.3) is 0 Å². The van der Waals surface area contributed by atoms with E-state index in [-0.39, 0.29) is 34.1 Å². The van der Waals surface area contributed by atoms with Crippen LogP contribution in [0.1, 0.15) is 5.56 Å². The average Bonchev–Trinajstić information content (AvgIpc) is 2.45. The maximum absolute atomic E-state index is 10.7. The Morgan fingerprint density at radius 3 is 2.68 bits per heavy atom. The van der Waals surface area contributed by atoms with Gasteiger partial charge in [-0.25, -0.2) is 4.79 Å². The second-order valence-electron chi connectivity index (χ2n) is 3.78. The lowest BCUT2D eigenvalue weighted by atomic mass is 10.2. The van der Waals surface area contributed by atoms with Gasteiger partial charge >= 0.3 is 0 Å². The third-order valence-corrected chi connectivity index (χ3v) is 3.32. The second kappa shape index (κ2) is 5.65. The zero-order chi connectivity index (χ0) is 13.8. The number of hydrogen-bond donors (Lipinski definition) is 3.